The lowest BCUT2D eigenvalue weighted by molar-refractivity contribution is 0.497. The van der Waals surface area contributed by atoms with Crippen LogP contribution in [0.2, 0.25) is 5.22 Å². The Morgan fingerprint density at radius 2 is 2.27 bits per heavy atom. The second-order valence-electron chi connectivity index (χ2n) is 3.00. The molecule has 0 spiro atoms. The summed E-state index contributed by atoms with van der Waals surface area (Å²) in [5.41, 5.74) is 5.99. The Bertz CT molecular complexity index is 438. The Kier molecular flexibility index (Phi) is 3.03. The van der Waals surface area contributed by atoms with Gasteiger partial charge >= 0.3 is 0 Å². The molecule has 2 aromatic heterocycles. The van der Waals surface area contributed by atoms with Crippen LogP contribution in [0.15, 0.2) is 21.2 Å². The summed E-state index contributed by atoms with van der Waals surface area (Å²) in [6.45, 7) is 0.601. The van der Waals surface area contributed by atoms with E-state index in [0.29, 0.717) is 30.3 Å². The Balaban J connectivity index is 2.17. The smallest absolute Gasteiger partial charge is 0.252 e. The van der Waals surface area contributed by atoms with E-state index < -0.39 is 0 Å². The standard InChI is InChI=1S/C9H10ClN3O2/c10-8-6(3-5-14-8)9-13-12-7(15-9)2-1-4-11/h3,5H,1-2,4,11H2. The Morgan fingerprint density at radius 3 is 2.93 bits per heavy atom. The quantitative estimate of drug-likeness (QED) is 0.863. The fourth-order valence-electron chi connectivity index (χ4n) is 1.16. The number of aromatic nitrogens is 2. The molecule has 0 saturated carbocycles. The van der Waals surface area contributed by atoms with Crippen molar-refractivity contribution in [3.05, 3.63) is 23.4 Å². The topological polar surface area (TPSA) is 78.1 Å². The number of nitrogens with zero attached hydrogens (tertiary/aromatic N) is 2. The van der Waals surface area contributed by atoms with Gasteiger partial charge in [0.15, 0.2) is 0 Å². The van der Waals surface area contributed by atoms with Crippen LogP contribution in [0.25, 0.3) is 11.5 Å². The van der Waals surface area contributed by atoms with Gasteiger partial charge in [0.2, 0.25) is 11.1 Å². The van der Waals surface area contributed by atoms with Crippen LogP contribution in [-0.2, 0) is 6.42 Å². The third-order valence-electron chi connectivity index (χ3n) is 1.91. The fraction of sp³-hybridized carbons (Fsp3) is 0.333. The second-order valence-corrected chi connectivity index (χ2v) is 3.34. The van der Waals surface area contributed by atoms with E-state index in [9.17, 15) is 0 Å². The number of halogens is 1. The van der Waals surface area contributed by atoms with Crippen molar-refractivity contribution < 1.29 is 8.83 Å². The van der Waals surface area contributed by atoms with Crippen molar-refractivity contribution in [2.24, 2.45) is 5.73 Å². The van der Waals surface area contributed by atoms with Crippen LogP contribution in [-0.4, -0.2) is 16.7 Å². The highest BCUT2D eigenvalue weighted by atomic mass is 35.5. The summed E-state index contributed by atoms with van der Waals surface area (Å²) in [6, 6.07) is 1.68. The van der Waals surface area contributed by atoms with Gasteiger partial charge in [-0.2, -0.15) is 0 Å². The lowest BCUT2D eigenvalue weighted by atomic mass is 10.3. The molecule has 0 radical (unpaired) electrons. The van der Waals surface area contributed by atoms with E-state index in [0.717, 1.165) is 6.42 Å². The van der Waals surface area contributed by atoms with Crippen LogP contribution in [0.5, 0.6) is 0 Å². The van der Waals surface area contributed by atoms with Crippen LogP contribution in [0.4, 0.5) is 0 Å². The van der Waals surface area contributed by atoms with Gasteiger partial charge in [0.1, 0.15) is 0 Å². The number of aryl methyl sites for hydroxylation is 1. The maximum absolute atomic E-state index is 5.77. The van der Waals surface area contributed by atoms with Gasteiger partial charge in [0.05, 0.1) is 11.8 Å². The molecule has 0 unspecified atom stereocenters. The van der Waals surface area contributed by atoms with Crippen molar-refractivity contribution in [2.45, 2.75) is 12.8 Å². The number of hydrogen-bond acceptors (Lipinski definition) is 5. The highest BCUT2D eigenvalue weighted by Crippen LogP contribution is 2.27. The Hall–Kier alpha value is -1.33. The number of rotatable bonds is 4. The lowest BCUT2D eigenvalue weighted by Gasteiger charge is -1.90. The molecule has 0 aliphatic heterocycles. The molecule has 0 amide bonds. The predicted molar refractivity (Wildman–Crippen MR) is 54.4 cm³/mol. The predicted octanol–water partition coefficient (Wildman–Crippen LogP) is 1.87. The van der Waals surface area contributed by atoms with E-state index in [1.807, 2.05) is 0 Å². The van der Waals surface area contributed by atoms with E-state index >= 15 is 0 Å². The fourth-order valence-corrected chi connectivity index (χ4v) is 1.36. The number of nitrogens with two attached hydrogens (primary N) is 1. The summed E-state index contributed by atoms with van der Waals surface area (Å²) in [4.78, 5) is 0. The Morgan fingerprint density at radius 1 is 1.40 bits per heavy atom. The minimum atomic E-state index is 0.254. The monoisotopic (exact) mass is 227 g/mol. The molecular weight excluding hydrogens is 218 g/mol. The van der Waals surface area contributed by atoms with Gasteiger partial charge in [0, 0.05) is 6.42 Å². The largest absolute Gasteiger partial charge is 0.452 e. The normalized spacial score (nSPS) is 10.8. The summed E-state index contributed by atoms with van der Waals surface area (Å²) in [5.74, 6) is 0.938. The molecule has 2 aromatic rings. The molecule has 6 heteroatoms. The number of furan rings is 1. The molecule has 0 bridgehead atoms. The third-order valence-corrected chi connectivity index (χ3v) is 2.20. The molecule has 2 rings (SSSR count). The molecule has 0 aromatic carbocycles. The van der Waals surface area contributed by atoms with Crippen molar-refractivity contribution in [1.29, 1.82) is 0 Å². The van der Waals surface area contributed by atoms with Gasteiger partial charge in [-0.25, -0.2) is 0 Å². The van der Waals surface area contributed by atoms with Crippen LogP contribution in [0, 0.1) is 0 Å². The van der Waals surface area contributed by atoms with E-state index in [4.69, 9.17) is 26.2 Å². The maximum atomic E-state index is 5.77. The van der Waals surface area contributed by atoms with Crippen molar-refractivity contribution in [2.75, 3.05) is 6.54 Å². The zero-order valence-corrected chi connectivity index (χ0v) is 8.70. The van der Waals surface area contributed by atoms with Gasteiger partial charge in [-0.15, -0.1) is 10.2 Å². The van der Waals surface area contributed by atoms with Gasteiger partial charge in [-0.1, -0.05) is 0 Å². The maximum Gasteiger partial charge on any atom is 0.252 e. The first kappa shape index (κ1) is 10.2. The van der Waals surface area contributed by atoms with E-state index in [2.05, 4.69) is 10.2 Å². The average molecular weight is 228 g/mol. The van der Waals surface area contributed by atoms with E-state index in [-0.39, 0.29) is 5.22 Å². The van der Waals surface area contributed by atoms with Gasteiger partial charge in [-0.05, 0) is 30.6 Å². The van der Waals surface area contributed by atoms with Crippen LogP contribution in [0.1, 0.15) is 12.3 Å². The first-order valence-corrected chi connectivity index (χ1v) is 4.95. The van der Waals surface area contributed by atoms with E-state index in [1.54, 1.807) is 6.07 Å². The summed E-state index contributed by atoms with van der Waals surface area (Å²) in [5, 5.41) is 8.00. The zero-order valence-electron chi connectivity index (χ0n) is 7.94. The van der Waals surface area contributed by atoms with Crippen molar-refractivity contribution >= 4 is 11.6 Å². The van der Waals surface area contributed by atoms with Crippen molar-refractivity contribution in [3.63, 3.8) is 0 Å². The molecule has 0 aliphatic carbocycles. The molecule has 80 valence electrons. The second kappa shape index (κ2) is 4.46. The molecule has 2 heterocycles. The first-order chi connectivity index (χ1) is 7.31. The first-order valence-electron chi connectivity index (χ1n) is 4.57. The van der Waals surface area contributed by atoms with Crippen molar-refractivity contribution in [3.8, 4) is 11.5 Å². The summed E-state index contributed by atoms with van der Waals surface area (Å²) in [6.07, 6.45) is 2.97. The molecule has 0 saturated heterocycles. The third kappa shape index (κ3) is 2.19. The van der Waals surface area contributed by atoms with E-state index in [1.165, 1.54) is 6.26 Å². The molecule has 0 fully saturated rings. The molecule has 15 heavy (non-hydrogen) atoms. The highest BCUT2D eigenvalue weighted by Gasteiger charge is 2.13. The molecule has 0 aliphatic rings. The zero-order chi connectivity index (χ0) is 10.7. The highest BCUT2D eigenvalue weighted by molar-refractivity contribution is 6.31. The van der Waals surface area contributed by atoms with Gasteiger partial charge < -0.3 is 14.6 Å². The van der Waals surface area contributed by atoms with Crippen molar-refractivity contribution in [1.82, 2.24) is 10.2 Å². The summed E-state index contributed by atoms with van der Waals surface area (Å²) >= 11 is 5.77. The Labute approximate surface area is 91.2 Å². The molecular formula is C9H10ClN3O2. The van der Waals surface area contributed by atoms with Crippen LogP contribution in [0.3, 0.4) is 0 Å². The minimum Gasteiger partial charge on any atom is -0.452 e. The minimum absolute atomic E-state index is 0.254. The SMILES string of the molecule is NCCCc1nnc(-c2ccoc2Cl)o1. The van der Waals surface area contributed by atoms with Gasteiger partial charge in [0.25, 0.3) is 5.89 Å². The van der Waals surface area contributed by atoms with Crippen LogP contribution >= 0.6 is 11.6 Å². The molecule has 2 N–H and O–H groups in total. The molecule has 0 atom stereocenters. The summed E-state index contributed by atoms with van der Waals surface area (Å²) < 4.78 is 10.3. The number of hydrogen-bond donors (Lipinski definition) is 1. The molecule has 5 nitrogen and oxygen atoms in total. The van der Waals surface area contributed by atoms with Gasteiger partial charge in [-0.3, -0.25) is 0 Å². The van der Waals surface area contributed by atoms with Crippen LogP contribution < -0.4 is 5.73 Å². The lowest BCUT2D eigenvalue weighted by Crippen LogP contribution is -2.00. The summed E-state index contributed by atoms with van der Waals surface area (Å²) in [7, 11) is 0. The average Bonchev–Trinajstić information content (AvgIpc) is 2.83.